The maximum absolute atomic E-state index is 5.68. The van der Waals surface area contributed by atoms with Crippen LogP contribution in [0.5, 0.6) is 0 Å². The van der Waals surface area contributed by atoms with Crippen LogP contribution in [0.1, 0.15) is 5.56 Å². The lowest BCUT2D eigenvalue weighted by Crippen LogP contribution is -2.47. The van der Waals surface area contributed by atoms with Crippen molar-refractivity contribution < 1.29 is 10.1 Å². The average molecular weight is 186 g/mol. The molecule has 3 nitrogen and oxygen atoms in total. The maximum atomic E-state index is 5.68. The molecule has 0 aliphatic carbocycles. The first-order chi connectivity index (χ1) is 5.68. The fraction of sp³-hybridized carbons (Fsp3) is 0.125. The second kappa shape index (κ2) is 3.97. The van der Waals surface area contributed by atoms with Gasteiger partial charge in [-0.1, -0.05) is 23.7 Å². The minimum absolute atomic E-state index is 0.0232. The van der Waals surface area contributed by atoms with Crippen molar-refractivity contribution in [3.63, 3.8) is 0 Å². The zero-order chi connectivity index (χ0) is 8.97. The first kappa shape index (κ1) is 8.87. The van der Waals surface area contributed by atoms with Gasteiger partial charge in [-0.05, 0) is 17.7 Å². The van der Waals surface area contributed by atoms with E-state index in [9.17, 15) is 0 Å². The highest BCUT2D eigenvalue weighted by Crippen LogP contribution is 2.09. The molecule has 0 fully saturated rings. The molecule has 0 unspecified atom stereocenters. The number of benzene rings is 1. The summed E-state index contributed by atoms with van der Waals surface area (Å²) in [5, 5.41) is 5.81. The van der Waals surface area contributed by atoms with Crippen LogP contribution < -0.4 is 11.1 Å². The van der Waals surface area contributed by atoms with Crippen LogP contribution in [0.2, 0.25) is 5.02 Å². The quantitative estimate of drug-likeness (QED) is 0.501. The summed E-state index contributed by atoms with van der Waals surface area (Å²) in [6, 6.07) is 7.25. The van der Waals surface area contributed by atoms with Gasteiger partial charge in [-0.15, -0.1) is 0 Å². The van der Waals surface area contributed by atoms with Crippen molar-refractivity contribution in [2.75, 3.05) is 0 Å². The highest BCUT2D eigenvalue weighted by Gasteiger charge is 1.96. The van der Waals surface area contributed by atoms with E-state index in [2.05, 4.69) is 0 Å². The first-order valence-corrected chi connectivity index (χ1v) is 3.81. The van der Waals surface area contributed by atoms with Gasteiger partial charge in [0.2, 0.25) is 0 Å². The van der Waals surface area contributed by atoms with Crippen LogP contribution >= 0.6 is 11.6 Å². The van der Waals surface area contributed by atoms with Crippen molar-refractivity contribution in [3.05, 3.63) is 34.9 Å². The molecule has 0 bridgehead atoms. The number of ether oxygens (including phenoxy) is 1. The Morgan fingerprint density at radius 2 is 2.00 bits per heavy atom. The van der Waals surface area contributed by atoms with Crippen molar-refractivity contribution in [1.82, 2.24) is 0 Å². The molecule has 0 aliphatic heterocycles. The van der Waals surface area contributed by atoms with Gasteiger partial charge in [-0.3, -0.25) is 11.1 Å². The van der Waals surface area contributed by atoms with E-state index in [1.165, 1.54) is 0 Å². The number of rotatable bonds is 2. The summed E-state index contributed by atoms with van der Waals surface area (Å²) < 4.78 is 4.90. The molecule has 0 heterocycles. The van der Waals surface area contributed by atoms with Crippen LogP contribution in [-0.2, 0) is 11.3 Å². The van der Waals surface area contributed by atoms with E-state index in [4.69, 9.17) is 27.5 Å². The van der Waals surface area contributed by atoms with E-state index in [-0.39, 0.29) is 6.02 Å². The summed E-state index contributed by atoms with van der Waals surface area (Å²) in [6.07, 6.45) is 0. The summed E-state index contributed by atoms with van der Waals surface area (Å²) >= 11 is 5.68. The van der Waals surface area contributed by atoms with E-state index in [0.29, 0.717) is 11.6 Å². The van der Waals surface area contributed by atoms with Crippen LogP contribution in [0.3, 0.4) is 0 Å². The van der Waals surface area contributed by atoms with E-state index >= 15 is 0 Å². The molecule has 0 aromatic heterocycles. The van der Waals surface area contributed by atoms with E-state index < -0.39 is 0 Å². The molecule has 0 amide bonds. The Labute approximate surface area is 75.6 Å². The third-order valence-electron chi connectivity index (χ3n) is 1.32. The normalized spacial score (nSPS) is 9.42. The largest absolute Gasteiger partial charge is 0.437 e. The second-order valence-corrected chi connectivity index (χ2v) is 2.75. The van der Waals surface area contributed by atoms with E-state index in [1.54, 1.807) is 12.1 Å². The van der Waals surface area contributed by atoms with Crippen molar-refractivity contribution in [2.45, 2.75) is 6.61 Å². The molecular weight excluding hydrogens is 176 g/mol. The van der Waals surface area contributed by atoms with Crippen LogP contribution in [-0.4, -0.2) is 6.02 Å². The molecule has 0 saturated heterocycles. The lowest BCUT2D eigenvalue weighted by atomic mass is 10.2. The van der Waals surface area contributed by atoms with Crippen molar-refractivity contribution in [1.29, 1.82) is 0 Å². The van der Waals surface area contributed by atoms with Gasteiger partial charge in [0.25, 0.3) is 0 Å². The molecule has 64 valence electrons. The fourth-order valence-corrected chi connectivity index (χ4v) is 0.873. The van der Waals surface area contributed by atoms with Crippen LogP contribution in [0.4, 0.5) is 0 Å². The smallest absolute Gasteiger partial charge is 0.427 e. The van der Waals surface area contributed by atoms with E-state index in [1.807, 2.05) is 12.1 Å². The molecule has 12 heavy (non-hydrogen) atoms. The highest BCUT2D eigenvalue weighted by molar-refractivity contribution is 6.30. The summed E-state index contributed by atoms with van der Waals surface area (Å²) in [6.45, 7) is 0.375. The fourth-order valence-electron chi connectivity index (χ4n) is 0.747. The third-order valence-corrected chi connectivity index (χ3v) is 1.57. The third kappa shape index (κ3) is 2.80. The van der Waals surface area contributed by atoms with Crippen LogP contribution in [0, 0.1) is 0 Å². The molecular formula is C8H10ClN2O+. The molecule has 1 rings (SSSR count). The number of hydrogen-bond acceptors (Lipinski definition) is 1. The molecule has 4 heteroatoms. The van der Waals surface area contributed by atoms with E-state index in [0.717, 1.165) is 5.56 Å². The lowest BCUT2D eigenvalue weighted by Gasteiger charge is -1.99. The zero-order valence-electron chi connectivity index (χ0n) is 6.46. The number of nitrogens with two attached hydrogens (primary N) is 2. The van der Waals surface area contributed by atoms with Crippen LogP contribution in [0.15, 0.2) is 24.3 Å². The van der Waals surface area contributed by atoms with Gasteiger partial charge in [0, 0.05) is 5.02 Å². The summed E-state index contributed by atoms with van der Waals surface area (Å²) in [4.78, 5) is 0. The number of halogens is 1. The van der Waals surface area contributed by atoms with Gasteiger partial charge in [-0.2, -0.15) is 0 Å². The summed E-state index contributed by atoms with van der Waals surface area (Å²) in [5.41, 5.74) is 6.10. The minimum atomic E-state index is -0.0232. The predicted molar refractivity (Wildman–Crippen MR) is 47.4 cm³/mol. The summed E-state index contributed by atoms with van der Waals surface area (Å²) in [7, 11) is 0. The second-order valence-electron chi connectivity index (χ2n) is 2.32. The molecule has 0 spiro atoms. The Kier molecular flexibility index (Phi) is 2.94. The topological polar surface area (TPSA) is 60.8 Å². The maximum Gasteiger partial charge on any atom is 0.437 e. The Bertz CT molecular complexity index is 271. The SMILES string of the molecule is NC(=[NH2+])OCc1ccc(Cl)cc1. The minimum Gasteiger partial charge on any atom is -0.427 e. The van der Waals surface area contributed by atoms with Gasteiger partial charge in [-0.25, -0.2) is 0 Å². The van der Waals surface area contributed by atoms with Gasteiger partial charge in [0.15, 0.2) is 0 Å². The summed E-state index contributed by atoms with van der Waals surface area (Å²) in [5.74, 6) is 0. The molecule has 4 N–H and O–H groups in total. The molecule has 1 aromatic rings. The van der Waals surface area contributed by atoms with Crippen molar-refractivity contribution in [2.24, 2.45) is 5.73 Å². The zero-order valence-corrected chi connectivity index (χ0v) is 7.21. The Hall–Kier alpha value is -1.22. The van der Waals surface area contributed by atoms with Crippen LogP contribution in [0.25, 0.3) is 0 Å². The molecule has 0 aliphatic rings. The van der Waals surface area contributed by atoms with Gasteiger partial charge < -0.3 is 4.74 Å². The van der Waals surface area contributed by atoms with Crippen molar-refractivity contribution >= 4 is 17.6 Å². The Morgan fingerprint density at radius 1 is 1.42 bits per heavy atom. The first-order valence-electron chi connectivity index (χ1n) is 3.43. The monoisotopic (exact) mass is 185 g/mol. The average Bonchev–Trinajstić information content (AvgIpc) is 2.03. The Morgan fingerprint density at radius 3 is 2.50 bits per heavy atom. The lowest BCUT2D eigenvalue weighted by molar-refractivity contribution is -0.143. The number of hydrogen-bond donors (Lipinski definition) is 2. The Balaban J connectivity index is 2.53. The number of amidine groups is 1. The van der Waals surface area contributed by atoms with Gasteiger partial charge >= 0.3 is 6.02 Å². The molecule has 0 radical (unpaired) electrons. The van der Waals surface area contributed by atoms with Gasteiger partial charge in [0.05, 0.1) is 0 Å². The van der Waals surface area contributed by atoms with Gasteiger partial charge in [0.1, 0.15) is 6.61 Å². The standard InChI is InChI=1S/C8H9ClN2O/c9-7-3-1-6(2-4-7)5-12-8(10)11/h1-4H,5H2,(H3,10,11)/p+1. The predicted octanol–water partition coefficient (Wildman–Crippen LogP) is -0.0696. The molecule has 0 saturated carbocycles. The van der Waals surface area contributed by atoms with Crippen molar-refractivity contribution in [3.8, 4) is 0 Å². The molecule has 0 atom stereocenters. The molecule has 1 aromatic carbocycles. The highest BCUT2D eigenvalue weighted by atomic mass is 35.5.